The second-order valence-corrected chi connectivity index (χ2v) is 7.79. The molecule has 1 amide bonds. The standard InChI is InChI=1S/C23H23ClN4O2/c1-16-12-19(8-9-20(16)24)30-22-13-21(25-15-26-22)27-10-11-28(17(2)14-27)23(29)18-6-4-3-5-7-18/h3-9,12-13,15,17H,10-11,14H2,1-2H3/t17-/m0/s1. The zero-order valence-electron chi connectivity index (χ0n) is 17.0. The third kappa shape index (κ3) is 4.39. The van der Waals surface area contributed by atoms with E-state index in [2.05, 4.69) is 21.8 Å². The number of piperazine rings is 1. The molecule has 3 aromatic rings. The maximum absolute atomic E-state index is 12.8. The van der Waals surface area contributed by atoms with Crippen LogP contribution in [0.4, 0.5) is 5.82 Å². The maximum atomic E-state index is 12.8. The first-order chi connectivity index (χ1) is 14.5. The molecule has 7 heteroatoms. The minimum absolute atomic E-state index is 0.0599. The van der Waals surface area contributed by atoms with Gasteiger partial charge in [-0.3, -0.25) is 4.79 Å². The molecular formula is C23H23ClN4O2. The first-order valence-electron chi connectivity index (χ1n) is 9.88. The van der Waals surface area contributed by atoms with E-state index in [4.69, 9.17) is 16.3 Å². The van der Waals surface area contributed by atoms with Crippen LogP contribution in [-0.2, 0) is 0 Å². The molecule has 1 aliphatic heterocycles. The molecule has 30 heavy (non-hydrogen) atoms. The van der Waals surface area contributed by atoms with Crippen LogP contribution in [0.15, 0.2) is 60.9 Å². The van der Waals surface area contributed by atoms with E-state index < -0.39 is 0 Å². The summed E-state index contributed by atoms with van der Waals surface area (Å²) >= 11 is 6.08. The number of amides is 1. The van der Waals surface area contributed by atoms with Crippen LogP contribution in [0.5, 0.6) is 11.6 Å². The number of ether oxygens (including phenoxy) is 1. The molecule has 2 aromatic carbocycles. The van der Waals surface area contributed by atoms with Gasteiger partial charge >= 0.3 is 0 Å². The predicted octanol–water partition coefficient (Wildman–Crippen LogP) is 4.58. The molecule has 0 N–H and O–H groups in total. The molecular weight excluding hydrogens is 400 g/mol. The van der Waals surface area contributed by atoms with Gasteiger partial charge in [-0.1, -0.05) is 29.8 Å². The summed E-state index contributed by atoms with van der Waals surface area (Å²) < 4.78 is 5.89. The maximum Gasteiger partial charge on any atom is 0.254 e. The van der Waals surface area contributed by atoms with Crippen molar-refractivity contribution in [3.05, 3.63) is 77.1 Å². The molecule has 1 aromatic heterocycles. The van der Waals surface area contributed by atoms with Crippen molar-refractivity contribution in [2.75, 3.05) is 24.5 Å². The summed E-state index contributed by atoms with van der Waals surface area (Å²) in [5.41, 5.74) is 1.66. The van der Waals surface area contributed by atoms with Gasteiger partial charge in [-0.25, -0.2) is 9.97 Å². The summed E-state index contributed by atoms with van der Waals surface area (Å²) in [6, 6.07) is 16.8. The van der Waals surface area contributed by atoms with E-state index in [1.807, 2.05) is 60.4 Å². The molecule has 0 radical (unpaired) electrons. The highest BCUT2D eigenvalue weighted by molar-refractivity contribution is 6.31. The number of carbonyl (C=O) groups is 1. The Morgan fingerprint density at radius 1 is 1.10 bits per heavy atom. The summed E-state index contributed by atoms with van der Waals surface area (Å²) in [5, 5.41) is 0.697. The van der Waals surface area contributed by atoms with E-state index in [0.29, 0.717) is 41.8 Å². The van der Waals surface area contributed by atoms with Gasteiger partial charge in [0.1, 0.15) is 17.9 Å². The van der Waals surface area contributed by atoms with Crippen molar-refractivity contribution in [1.82, 2.24) is 14.9 Å². The van der Waals surface area contributed by atoms with Crippen molar-refractivity contribution in [3.63, 3.8) is 0 Å². The van der Waals surface area contributed by atoms with Gasteiger partial charge in [0.2, 0.25) is 5.88 Å². The highest BCUT2D eigenvalue weighted by atomic mass is 35.5. The summed E-state index contributed by atoms with van der Waals surface area (Å²) in [6.45, 7) is 6.00. The molecule has 0 saturated carbocycles. The molecule has 1 fully saturated rings. The number of nitrogens with zero attached hydrogens (tertiary/aromatic N) is 4. The van der Waals surface area contributed by atoms with Crippen molar-refractivity contribution in [1.29, 1.82) is 0 Å². The molecule has 0 aliphatic carbocycles. The van der Waals surface area contributed by atoms with E-state index in [9.17, 15) is 4.79 Å². The van der Waals surface area contributed by atoms with Gasteiger partial charge in [-0.05, 0) is 49.7 Å². The van der Waals surface area contributed by atoms with Gasteiger partial charge in [-0.2, -0.15) is 0 Å². The minimum Gasteiger partial charge on any atom is -0.439 e. The zero-order valence-corrected chi connectivity index (χ0v) is 17.7. The van der Waals surface area contributed by atoms with Gasteiger partial charge in [0.05, 0.1) is 0 Å². The van der Waals surface area contributed by atoms with Crippen LogP contribution in [0.1, 0.15) is 22.8 Å². The van der Waals surface area contributed by atoms with Crippen LogP contribution >= 0.6 is 11.6 Å². The van der Waals surface area contributed by atoms with Crippen molar-refractivity contribution in [3.8, 4) is 11.6 Å². The van der Waals surface area contributed by atoms with Crippen LogP contribution in [0.25, 0.3) is 0 Å². The van der Waals surface area contributed by atoms with Gasteiger partial charge in [0.15, 0.2) is 0 Å². The van der Waals surface area contributed by atoms with Crippen LogP contribution in [-0.4, -0.2) is 46.5 Å². The van der Waals surface area contributed by atoms with Gasteiger partial charge in [-0.15, -0.1) is 0 Å². The average molecular weight is 423 g/mol. The van der Waals surface area contributed by atoms with E-state index in [0.717, 1.165) is 11.4 Å². The lowest BCUT2D eigenvalue weighted by atomic mass is 10.1. The molecule has 0 unspecified atom stereocenters. The smallest absolute Gasteiger partial charge is 0.254 e. The van der Waals surface area contributed by atoms with Crippen LogP contribution in [0, 0.1) is 6.92 Å². The summed E-state index contributed by atoms with van der Waals surface area (Å²) in [7, 11) is 0. The summed E-state index contributed by atoms with van der Waals surface area (Å²) in [4.78, 5) is 25.5. The number of anilines is 1. The van der Waals surface area contributed by atoms with Crippen molar-refractivity contribution < 1.29 is 9.53 Å². The number of hydrogen-bond donors (Lipinski definition) is 0. The Balaban J connectivity index is 1.45. The van der Waals surface area contributed by atoms with E-state index in [1.54, 1.807) is 6.07 Å². The Morgan fingerprint density at radius 2 is 1.90 bits per heavy atom. The fourth-order valence-electron chi connectivity index (χ4n) is 3.57. The number of benzene rings is 2. The van der Waals surface area contributed by atoms with Crippen molar-refractivity contribution >= 4 is 23.3 Å². The second-order valence-electron chi connectivity index (χ2n) is 7.39. The monoisotopic (exact) mass is 422 g/mol. The Kier molecular flexibility index (Phi) is 5.86. The highest BCUT2D eigenvalue weighted by Crippen LogP contribution is 2.27. The zero-order chi connectivity index (χ0) is 21.1. The van der Waals surface area contributed by atoms with Crippen LogP contribution < -0.4 is 9.64 Å². The lowest BCUT2D eigenvalue weighted by Crippen LogP contribution is -2.54. The molecule has 1 atom stereocenters. The Bertz CT molecular complexity index is 1040. The van der Waals surface area contributed by atoms with Gasteiger partial charge in [0.25, 0.3) is 5.91 Å². The number of aryl methyl sites for hydroxylation is 1. The highest BCUT2D eigenvalue weighted by Gasteiger charge is 2.28. The molecule has 2 heterocycles. The van der Waals surface area contributed by atoms with E-state index in [1.165, 1.54) is 6.33 Å². The topological polar surface area (TPSA) is 58.6 Å². The van der Waals surface area contributed by atoms with Crippen LogP contribution in [0.3, 0.4) is 0 Å². The molecule has 154 valence electrons. The Hall–Kier alpha value is -3.12. The Labute approximate surface area is 181 Å². The normalized spacial score (nSPS) is 16.4. The first kappa shape index (κ1) is 20.2. The van der Waals surface area contributed by atoms with Gasteiger partial charge in [0, 0.05) is 42.3 Å². The predicted molar refractivity (Wildman–Crippen MR) is 117 cm³/mol. The number of carbonyl (C=O) groups excluding carboxylic acids is 1. The van der Waals surface area contributed by atoms with Gasteiger partial charge < -0.3 is 14.5 Å². The van der Waals surface area contributed by atoms with E-state index >= 15 is 0 Å². The molecule has 0 bridgehead atoms. The molecule has 1 aliphatic rings. The van der Waals surface area contributed by atoms with Crippen molar-refractivity contribution in [2.24, 2.45) is 0 Å². The quantitative estimate of drug-likeness (QED) is 0.615. The lowest BCUT2D eigenvalue weighted by molar-refractivity contribution is 0.0673. The fourth-order valence-corrected chi connectivity index (χ4v) is 3.69. The number of rotatable bonds is 4. The Morgan fingerprint density at radius 3 is 2.63 bits per heavy atom. The molecule has 6 nitrogen and oxygen atoms in total. The first-order valence-corrected chi connectivity index (χ1v) is 10.3. The fraction of sp³-hybridized carbons (Fsp3) is 0.261. The molecule has 4 rings (SSSR count). The molecule has 1 saturated heterocycles. The lowest BCUT2D eigenvalue weighted by Gasteiger charge is -2.40. The summed E-state index contributed by atoms with van der Waals surface area (Å²) in [5.74, 6) is 1.99. The summed E-state index contributed by atoms with van der Waals surface area (Å²) in [6.07, 6.45) is 1.50. The average Bonchev–Trinajstić information content (AvgIpc) is 2.76. The third-order valence-electron chi connectivity index (χ3n) is 5.21. The minimum atomic E-state index is 0.0599. The number of aromatic nitrogens is 2. The number of halogens is 1. The largest absolute Gasteiger partial charge is 0.439 e. The number of hydrogen-bond acceptors (Lipinski definition) is 5. The van der Waals surface area contributed by atoms with Crippen molar-refractivity contribution in [2.45, 2.75) is 19.9 Å². The molecule has 0 spiro atoms. The third-order valence-corrected chi connectivity index (χ3v) is 5.64. The van der Waals surface area contributed by atoms with E-state index in [-0.39, 0.29) is 11.9 Å². The van der Waals surface area contributed by atoms with Crippen LogP contribution in [0.2, 0.25) is 5.02 Å². The SMILES string of the molecule is Cc1cc(Oc2cc(N3CCN(C(=O)c4ccccc4)[C@@H](C)C3)ncn2)ccc1Cl. The second kappa shape index (κ2) is 8.71.